The molecule has 0 radical (unpaired) electrons. The van der Waals surface area contributed by atoms with Gasteiger partial charge in [-0.2, -0.15) is 4.98 Å². The molecule has 8 heteroatoms. The molecular weight excluding hydrogens is 384 g/mol. The van der Waals surface area contributed by atoms with Gasteiger partial charge in [-0.15, -0.1) is 0 Å². The molecule has 2 aromatic carbocycles. The summed E-state index contributed by atoms with van der Waals surface area (Å²) in [6.45, 7) is 4.04. The van der Waals surface area contributed by atoms with E-state index in [0.717, 1.165) is 16.7 Å². The third-order valence-electron chi connectivity index (χ3n) is 4.61. The molecule has 0 amide bonds. The van der Waals surface area contributed by atoms with Crippen molar-refractivity contribution < 1.29 is 13.7 Å². The van der Waals surface area contributed by atoms with Crippen LogP contribution in [0.3, 0.4) is 0 Å². The summed E-state index contributed by atoms with van der Waals surface area (Å²) in [5.41, 5.74) is 1.87. The van der Waals surface area contributed by atoms with E-state index in [2.05, 4.69) is 15.1 Å². The van der Waals surface area contributed by atoms with Gasteiger partial charge in [-0.05, 0) is 50.2 Å². The first-order valence-electron chi connectivity index (χ1n) is 9.55. The molecule has 0 atom stereocenters. The standard InChI is InChI=1S/C22H18N4O4/c1-13(2)28-15-9-7-14(8-10-15)21-24-18(30-25-21)11-26-12-23-19-16-5-3-4-6-17(16)29-20(19)22(26)27/h3-10,12-13H,11H2,1-2H3. The number of rotatable bonds is 5. The molecule has 3 aromatic heterocycles. The Bertz CT molecular complexity index is 1400. The van der Waals surface area contributed by atoms with Crippen LogP contribution in [-0.4, -0.2) is 25.8 Å². The van der Waals surface area contributed by atoms with Crippen molar-refractivity contribution in [1.29, 1.82) is 0 Å². The first-order chi connectivity index (χ1) is 14.6. The molecule has 0 aliphatic heterocycles. The van der Waals surface area contributed by atoms with Gasteiger partial charge in [0.2, 0.25) is 17.3 Å². The van der Waals surface area contributed by atoms with Crippen LogP contribution in [0.15, 0.2) is 68.6 Å². The molecule has 0 aliphatic carbocycles. The lowest BCUT2D eigenvalue weighted by molar-refractivity contribution is 0.242. The second kappa shape index (κ2) is 7.14. The molecule has 0 N–H and O–H groups in total. The number of hydrogen-bond donors (Lipinski definition) is 0. The molecule has 5 aromatic rings. The zero-order valence-electron chi connectivity index (χ0n) is 16.4. The number of benzene rings is 2. The Morgan fingerprint density at radius 2 is 1.90 bits per heavy atom. The van der Waals surface area contributed by atoms with Crippen molar-refractivity contribution in [1.82, 2.24) is 19.7 Å². The fourth-order valence-electron chi connectivity index (χ4n) is 3.26. The summed E-state index contributed by atoms with van der Waals surface area (Å²) < 4.78 is 18.1. The van der Waals surface area contributed by atoms with Crippen LogP contribution in [0.5, 0.6) is 5.75 Å². The highest BCUT2D eigenvalue weighted by molar-refractivity contribution is 6.01. The maximum atomic E-state index is 12.8. The van der Waals surface area contributed by atoms with Crippen LogP contribution >= 0.6 is 0 Å². The van der Waals surface area contributed by atoms with Crippen LogP contribution in [0.4, 0.5) is 0 Å². The Morgan fingerprint density at radius 3 is 2.70 bits per heavy atom. The van der Waals surface area contributed by atoms with Crippen LogP contribution in [0.1, 0.15) is 19.7 Å². The van der Waals surface area contributed by atoms with Gasteiger partial charge in [0.1, 0.15) is 23.4 Å². The normalized spacial score (nSPS) is 11.6. The lowest BCUT2D eigenvalue weighted by atomic mass is 10.2. The summed E-state index contributed by atoms with van der Waals surface area (Å²) in [7, 11) is 0. The van der Waals surface area contributed by atoms with Gasteiger partial charge in [-0.1, -0.05) is 17.3 Å². The SMILES string of the molecule is CC(C)Oc1ccc(-c2noc(Cn3cnc4c(oc5ccccc54)c3=O)n2)cc1. The number of nitrogens with zero attached hydrogens (tertiary/aromatic N) is 4. The van der Waals surface area contributed by atoms with Gasteiger partial charge < -0.3 is 13.7 Å². The topological polar surface area (TPSA) is 96.2 Å². The van der Waals surface area contributed by atoms with E-state index >= 15 is 0 Å². The van der Waals surface area contributed by atoms with E-state index in [0.29, 0.717) is 22.8 Å². The highest BCUT2D eigenvalue weighted by atomic mass is 16.5. The Balaban J connectivity index is 1.42. The number of ether oxygens (including phenoxy) is 1. The monoisotopic (exact) mass is 402 g/mol. The Morgan fingerprint density at radius 1 is 1.10 bits per heavy atom. The van der Waals surface area contributed by atoms with Crippen LogP contribution < -0.4 is 10.3 Å². The van der Waals surface area contributed by atoms with Gasteiger partial charge in [0, 0.05) is 10.9 Å². The third-order valence-corrected chi connectivity index (χ3v) is 4.61. The zero-order chi connectivity index (χ0) is 20.7. The smallest absolute Gasteiger partial charge is 0.297 e. The number of hydrogen-bond acceptors (Lipinski definition) is 7. The molecule has 8 nitrogen and oxygen atoms in total. The van der Waals surface area contributed by atoms with E-state index in [9.17, 15) is 4.79 Å². The van der Waals surface area contributed by atoms with Crippen molar-refractivity contribution in [2.24, 2.45) is 0 Å². The van der Waals surface area contributed by atoms with Crippen molar-refractivity contribution in [3.8, 4) is 17.1 Å². The largest absolute Gasteiger partial charge is 0.491 e. The van der Waals surface area contributed by atoms with E-state index < -0.39 is 0 Å². The Kier molecular flexibility index (Phi) is 4.31. The summed E-state index contributed by atoms with van der Waals surface area (Å²) in [5.74, 6) is 1.51. The second-order valence-corrected chi connectivity index (χ2v) is 7.16. The van der Waals surface area contributed by atoms with E-state index in [1.165, 1.54) is 10.9 Å². The molecule has 0 unspecified atom stereocenters. The van der Waals surface area contributed by atoms with E-state index in [-0.39, 0.29) is 23.8 Å². The first kappa shape index (κ1) is 18.1. The number of para-hydroxylation sites is 1. The highest BCUT2D eigenvalue weighted by Gasteiger charge is 2.15. The second-order valence-electron chi connectivity index (χ2n) is 7.16. The first-order valence-corrected chi connectivity index (χ1v) is 9.55. The van der Waals surface area contributed by atoms with Crippen molar-refractivity contribution >= 4 is 22.1 Å². The van der Waals surface area contributed by atoms with Gasteiger partial charge in [0.25, 0.3) is 5.56 Å². The molecule has 0 spiro atoms. The lowest BCUT2D eigenvalue weighted by Gasteiger charge is -2.09. The average Bonchev–Trinajstić information content (AvgIpc) is 3.35. The molecule has 0 saturated carbocycles. The van der Waals surface area contributed by atoms with E-state index in [1.807, 2.05) is 62.4 Å². The summed E-state index contributed by atoms with van der Waals surface area (Å²) >= 11 is 0. The van der Waals surface area contributed by atoms with Gasteiger partial charge in [-0.3, -0.25) is 9.36 Å². The number of aromatic nitrogens is 4. The molecular formula is C22H18N4O4. The fourth-order valence-corrected chi connectivity index (χ4v) is 3.26. The lowest BCUT2D eigenvalue weighted by Crippen LogP contribution is -2.20. The quantitative estimate of drug-likeness (QED) is 0.438. The zero-order valence-corrected chi connectivity index (χ0v) is 16.4. The van der Waals surface area contributed by atoms with Crippen molar-refractivity contribution in [2.45, 2.75) is 26.5 Å². The number of fused-ring (bicyclic) bond motifs is 3. The molecule has 0 fully saturated rings. The number of furan rings is 1. The van der Waals surface area contributed by atoms with Gasteiger partial charge >= 0.3 is 0 Å². The van der Waals surface area contributed by atoms with Crippen LogP contribution in [0.2, 0.25) is 0 Å². The van der Waals surface area contributed by atoms with Crippen LogP contribution in [0, 0.1) is 0 Å². The summed E-state index contributed by atoms with van der Waals surface area (Å²) in [6.07, 6.45) is 1.57. The highest BCUT2D eigenvalue weighted by Crippen LogP contribution is 2.24. The Hall–Kier alpha value is -3.94. The van der Waals surface area contributed by atoms with Crippen LogP contribution in [-0.2, 0) is 6.54 Å². The molecule has 3 heterocycles. The predicted molar refractivity (Wildman–Crippen MR) is 110 cm³/mol. The predicted octanol–water partition coefficient (Wildman–Crippen LogP) is 4.03. The van der Waals surface area contributed by atoms with Gasteiger partial charge in [0.05, 0.1) is 12.4 Å². The maximum absolute atomic E-state index is 12.8. The molecule has 0 bridgehead atoms. The molecule has 30 heavy (non-hydrogen) atoms. The fraction of sp³-hybridized carbons (Fsp3) is 0.182. The minimum atomic E-state index is -0.300. The average molecular weight is 402 g/mol. The molecule has 150 valence electrons. The van der Waals surface area contributed by atoms with E-state index in [4.69, 9.17) is 13.7 Å². The van der Waals surface area contributed by atoms with Crippen molar-refractivity contribution in [3.05, 3.63) is 71.1 Å². The van der Waals surface area contributed by atoms with Crippen LogP contribution in [0.25, 0.3) is 33.5 Å². The van der Waals surface area contributed by atoms with Gasteiger partial charge in [-0.25, -0.2) is 4.98 Å². The molecule has 0 saturated heterocycles. The third kappa shape index (κ3) is 3.22. The summed E-state index contributed by atoms with van der Waals surface area (Å²) in [5, 5.41) is 4.82. The maximum Gasteiger partial charge on any atom is 0.297 e. The summed E-state index contributed by atoms with van der Waals surface area (Å²) in [4.78, 5) is 21.6. The molecule has 0 aliphatic rings. The Labute approximate surface area is 170 Å². The molecule has 5 rings (SSSR count). The minimum absolute atomic E-state index is 0.0976. The van der Waals surface area contributed by atoms with Gasteiger partial charge in [0.15, 0.2) is 0 Å². The van der Waals surface area contributed by atoms with Crippen molar-refractivity contribution in [2.75, 3.05) is 0 Å². The van der Waals surface area contributed by atoms with Crippen molar-refractivity contribution in [3.63, 3.8) is 0 Å². The minimum Gasteiger partial charge on any atom is -0.491 e. The summed E-state index contributed by atoms with van der Waals surface area (Å²) in [6, 6.07) is 14.9. The van der Waals surface area contributed by atoms with E-state index in [1.54, 1.807) is 0 Å².